The molecule has 2 aromatic rings. The molecular formula is C20H23NOS. The average molecular weight is 325 g/mol. The topological polar surface area (TPSA) is 23.5 Å². The maximum atomic E-state index is 11.0. The standard InChI is InChI=1S/C20H23NOS/c22-20(14-21-12-10-18(20)11-13-21)15-23-19-8-6-17(7-9-19)16-4-2-1-3-5-16/h1-9,18,22H,10-15H2. The van der Waals surface area contributed by atoms with Gasteiger partial charge in [-0.2, -0.15) is 0 Å². The van der Waals surface area contributed by atoms with Crippen molar-refractivity contribution in [1.29, 1.82) is 0 Å². The second-order valence-electron chi connectivity index (χ2n) is 6.83. The summed E-state index contributed by atoms with van der Waals surface area (Å²) in [4.78, 5) is 3.66. The van der Waals surface area contributed by atoms with Gasteiger partial charge in [0.1, 0.15) is 0 Å². The van der Waals surface area contributed by atoms with E-state index in [1.165, 1.54) is 29.1 Å². The summed E-state index contributed by atoms with van der Waals surface area (Å²) in [5.41, 5.74) is 2.00. The first-order valence-corrected chi connectivity index (χ1v) is 9.45. The lowest BCUT2D eigenvalue weighted by molar-refractivity contribution is -0.0949. The molecule has 0 aromatic heterocycles. The molecule has 2 aromatic carbocycles. The molecule has 2 bridgehead atoms. The molecule has 1 atom stereocenters. The molecule has 5 rings (SSSR count). The lowest BCUT2D eigenvalue weighted by Gasteiger charge is -2.50. The lowest BCUT2D eigenvalue weighted by Crippen LogP contribution is -2.60. The van der Waals surface area contributed by atoms with Gasteiger partial charge in [0.2, 0.25) is 0 Å². The number of fused-ring (bicyclic) bond motifs is 3. The van der Waals surface area contributed by atoms with Crippen LogP contribution in [0.4, 0.5) is 0 Å². The normalized spacial score (nSPS) is 29.6. The van der Waals surface area contributed by atoms with Crippen LogP contribution in [0.15, 0.2) is 59.5 Å². The van der Waals surface area contributed by atoms with E-state index < -0.39 is 5.60 Å². The number of rotatable bonds is 4. The molecule has 3 heterocycles. The zero-order chi connectivity index (χ0) is 15.7. The predicted octanol–water partition coefficient (Wildman–Crippen LogP) is 3.90. The van der Waals surface area contributed by atoms with Crippen molar-refractivity contribution in [2.75, 3.05) is 25.4 Å². The van der Waals surface area contributed by atoms with Crippen LogP contribution < -0.4 is 0 Å². The Morgan fingerprint density at radius 2 is 1.61 bits per heavy atom. The molecule has 0 saturated carbocycles. The van der Waals surface area contributed by atoms with E-state index in [0.29, 0.717) is 5.92 Å². The van der Waals surface area contributed by atoms with E-state index in [9.17, 15) is 5.11 Å². The minimum Gasteiger partial charge on any atom is -0.387 e. The summed E-state index contributed by atoms with van der Waals surface area (Å²) in [5, 5.41) is 11.0. The second kappa shape index (κ2) is 6.31. The molecule has 1 unspecified atom stereocenters. The minimum atomic E-state index is -0.501. The maximum Gasteiger partial charge on any atom is 0.0896 e. The maximum absolute atomic E-state index is 11.0. The molecule has 23 heavy (non-hydrogen) atoms. The summed E-state index contributed by atoms with van der Waals surface area (Å²) in [5.74, 6) is 1.29. The molecular weight excluding hydrogens is 302 g/mol. The van der Waals surface area contributed by atoms with Crippen molar-refractivity contribution in [2.45, 2.75) is 23.3 Å². The van der Waals surface area contributed by atoms with Crippen molar-refractivity contribution in [3.63, 3.8) is 0 Å². The van der Waals surface area contributed by atoms with Gasteiger partial charge in [0.15, 0.2) is 0 Å². The lowest BCUT2D eigenvalue weighted by atomic mass is 9.76. The van der Waals surface area contributed by atoms with E-state index in [1.54, 1.807) is 11.8 Å². The molecule has 120 valence electrons. The minimum absolute atomic E-state index is 0.489. The van der Waals surface area contributed by atoms with Crippen molar-refractivity contribution in [2.24, 2.45) is 5.92 Å². The Hall–Kier alpha value is -1.29. The van der Waals surface area contributed by atoms with Gasteiger partial charge >= 0.3 is 0 Å². The van der Waals surface area contributed by atoms with E-state index >= 15 is 0 Å². The fourth-order valence-electron chi connectivity index (χ4n) is 3.89. The fraction of sp³-hybridized carbons (Fsp3) is 0.400. The van der Waals surface area contributed by atoms with Crippen LogP contribution in [0.25, 0.3) is 11.1 Å². The molecule has 0 spiro atoms. The van der Waals surface area contributed by atoms with Crippen LogP contribution in [0.3, 0.4) is 0 Å². The number of piperidine rings is 3. The van der Waals surface area contributed by atoms with Gasteiger partial charge in [0.25, 0.3) is 0 Å². The van der Waals surface area contributed by atoms with Crippen LogP contribution in [0.5, 0.6) is 0 Å². The van der Waals surface area contributed by atoms with Crippen molar-refractivity contribution in [3.8, 4) is 11.1 Å². The number of thioether (sulfide) groups is 1. The summed E-state index contributed by atoms with van der Waals surface area (Å²) in [7, 11) is 0. The third-order valence-electron chi connectivity index (χ3n) is 5.30. The van der Waals surface area contributed by atoms with Gasteiger partial charge in [0.05, 0.1) is 5.60 Å². The quantitative estimate of drug-likeness (QED) is 0.862. The zero-order valence-corrected chi connectivity index (χ0v) is 14.1. The number of aliphatic hydroxyl groups is 1. The summed E-state index contributed by atoms with van der Waals surface area (Å²) >= 11 is 1.79. The highest BCUT2D eigenvalue weighted by molar-refractivity contribution is 7.99. The Morgan fingerprint density at radius 1 is 0.957 bits per heavy atom. The van der Waals surface area contributed by atoms with Crippen molar-refractivity contribution in [1.82, 2.24) is 4.90 Å². The largest absolute Gasteiger partial charge is 0.387 e. The first-order chi connectivity index (χ1) is 11.2. The van der Waals surface area contributed by atoms with E-state index in [4.69, 9.17) is 0 Å². The first kappa shape index (κ1) is 15.3. The second-order valence-corrected chi connectivity index (χ2v) is 7.88. The van der Waals surface area contributed by atoms with Gasteiger partial charge in [0, 0.05) is 17.2 Å². The average Bonchev–Trinajstić information content (AvgIpc) is 2.62. The molecule has 3 fully saturated rings. The molecule has 3 heteroatoms. The Balaban J connectivity index is 1.42. The summed E-state index contributed by atoms with van der Waals surface area (Å²) < 4.78 is 0. The third-order valence-corrected chi connectivity index (χ3v) is 6.54. The van der Waals surface area contributed by atoms with Crippen LogP contribution in [0, 0.1) is 5.92 Å². The Morgan fingerprint density at radius 3 is 2.22 bits per heavy atom. The van der Waals surface area contributed by atoms with Crippen LogP contribution in [-0.2, 0) is 0 Å². The van der Waals surface area contributed by atoms with Crippen molar-refractivity contribution < 1.29 is 5.11 Å². The van der Waals surface area contributed by atoms with Gasteiger partial charge in [-0.25, -0.2) is 0 Å². The highest BCUT2D eigenvalue weighted by atomic mass is 32.2. The fourth-order valence-corrected chi connectivity index (χ4v) is 4.96. The molecule has 3 aliphatic heterocycles. The van der Waals surface area contributed by atoms with Crippen LogP contribution in [-0.4, -0.2) is 41.0 Å². The molecule has 1 N–H and O–H groups in total. The van der Waals surface area contributed by atoms with Crippen molar-refractivity contribution >= 4 is 11.8 Å². The summed E-state index contributed by atoms with van der Waals surface area (Å²) in [6.45, 7) is 3.19. The highest BCUT2D eigenvalue weighted by Gasteiger charge is 2.45. The summed E-state index contributed by atoms with van der Waals surface area (Å²) in [6, 6.07) is 19.2. The molecule has 0 radical (unpaired) electrons. The van der Waals surface area contributed by atoms with Crippen LogP contribution in [0.1, 0.15) is 12.8 Å². The van der Waals surface area contributed by atoms with E-state index in [-0.39, 0.29) is 0 Å². The predicted molar refractivity (Wildman–Crippen MR) is 96.7 cm³/mol. The monoisotopic (exact) mass is 325 g/mol. The smallest absolute Gasteiger partial charge is 0.0896 e. The van der Waals surface area contributed by atoms with E-state index in [0.717, 1.165) is 25.1 Å². The van der Waals surface area contributed by atoms with Crippen molar-refractivity contribution in [3.05, 3.63) is 54.6 Å². The SMILES string of the molecule is OC1(CSc2ccc(-c3ccccc3)cc2)CN2CCC1CC2. The van der Waals surface area contributed by atoms with E-state index in [2.05, 4.69) is 53.4 Å². The molecule has 3 saturated heterocycles. The highest BCUT2D eigenvalue weighted by Crippen LogP contribution is 2.39. The zero-order valence-electron chi connectivity index (χ0n) is 13.3. The molecule has 0 aliphatic carbocycles. The van der Waals surface area contributed by atoms with E-state index in [1.807, 2.05) is 6.07 Å². The van der Waals surface area contributed by atoms with Gasteiger partial charge in [-0.1, -0.05) is 42.5 Å². The molecule has 2 nitrogen and oxygen atoms in total. The van der Waals surface area contributed by atoms with Crippen LogP contribution >= 0.6 is 11.8 Å². The molecule has 3 aliphatic rings. The Labute approximate surface area is 142 Å². The number of hydrogen-bond donors (Lipinski definition) is 1. The first-order valence-electron chi connectivity index (χ1n) is 8.46. The van der Waals surface area contributed by atoms with Gasteiger partial charge in [-0.3, -0.25) is 0 Å². The molecule has 0 amide bonds. The Kier molecular flexibility index (Phi) is 4.18. The van der Waals surface area contributed by atoms with Gasteiger partial charge in [-0.15, -0.1) is 11.8 Å². The van der Waals surface area contributed by atoms with Crippen LogP contribution in [0.2, 0.25) is 0 Å². The Bertz CT molecular complexity index is 649. The van der Waals surface area contributed by atoms with Gasteiger partial charge in [-0.05, 0) is 55.1 Å². The number of hydrogen-bond acceptors (Lipinski definition) is 3. The summed E-state index contributed by atoms with van der Waals surface area (Å²) in [6.07, 6.45) is 2.31. The third kappa shape index (κ3) is 3.18. The number of nitrogens with zero attached hydrogens (tertiary/aromatic N) is 1. The van der Waals surface area contributed by atoms with Gasteiger partial charge < -0.3 is 10.0 Å². The number of benzene rings is 2.